The number of hydrogen-bond donors (Lipinski definition) is 3. The summed E-state index contributed by atoms with van der Waals surface area (Å²) in [6, 6.07) is 2.84. The van der Waals surface area contributed by atoms with Gasteiger partial charge < -0.3 is 20.2 Å². The Hall–Kier alpha value is -2.31. The van der Waals surface area contributed by atoms with Gasteiger partial charge >= 0.3 is 5.97 Å². The SMILES string of the molecule is CCCNC(=O)CCCC(=O)NCc1ccc(C(=O)O)o1. The fourth-order valence-corrected chi connectivity index (χ4v) is 1.62. The third-order valence-electron chi connectivity index (χ3n) is 2.71. The summed E-state index contributed by atoms with van der Waals surface area (Å²) in [6.45, 7) is 2.75. The highest BCUT2D eigenvalue weighted by atomic mass is 16.4. The smallest absolute Gasteiger partial charge is 0.371 e. The van der Waals surface area contributed by atoms with Crippen LogP contribution in [0, 0.1) is 0 Å². The summed E-state index contributed by atoms with van der Waals surface area (Å²) in [5.74, 6) is -1.19. The van der Waals surface area contributed by atoms with Gasteiger partial charge in [-0.15, -0.1) is 0 Å². The van der Waals surface area contributed by atoms with Crippen LogP contribution in [0.5, 0.6) is 0 Å². The summed E-state index contributed by atoms with van der Waals surface area (Å²) in [4.78, 5) is 33.5. The predicted octanol–water partition coefficient (Wildman–Crippen LogP) is 1.29. The van der Waals surface area contributed by atoms with Crippen molar-refractivity contribution in [1.29, 1.82) is 0 Å². The lowest BCUT2D eigenvalue weighted by Gasteiger charge is -2.04. The minimum Gasteiger partial charge on any atom is -0.475 e. The minimum atomic E-state index is -1.15. The van der Waals surface area contributed by atoms with Gasteiger partial charge in [-0.1, -0.05) is 6.92 Å². The van der Waals surface area contributed by atoms with Crippen LogP contribution in [-0.2, 0) is 16.1 Å². The van der Waals surface area contributed by atoms with Crippen LogP contribution >= 0.6 is 0 Å². The third-order valence-corrected chi connectivity index (χ3v) is 2.71. The molecule has 1 heterocycles. The van der Waals surface area contributed by atoms with Crippen LogP contribution in [0.15, 0.2) is 16.5 Å². The molecule has 21 heavy (non-hydrogen) atoms. The molecule has 0 aliphatic heterocycles. The number of carboxylic acid groups (broad SMARTS) is 1. The van der Waals surface area contributed by atoms with E-state index < -0.39 is 5.97 Å². The number of furan rings is 1. The number of nitrogens with one attached hydrogen (secondary N) is 2. The number of hydrogen-bond acceptors (Lipinski definition) is 4. The fourth-order valence-electron chi connectivity index (χ4n) is 1.62. The first-order valence-electron chi connectivity index (χ1n) is 6.88. The molecule has 0 saturated heterocycles. The molecule has 0 bridgehead atoms. The molecule has 0 unspecified atom stereocenters. The van der Waals surface area contributed by atoms with Crippen LogP contribution in [0.2, 0.25) is 0 Å². The van der Waals surface area contributed by atoms with E-state index in [0.717, 1.165) is 6.42 Å². The van der Waals surface area contributed by atoms with Crippen LogP contribution in [0.4, 0.5) is 0 Å². The van der Waals surface area contributed by atoms with Crippen LogP contribution in [0.25, 0.3) is 0 Å². The topological polar surface area (TPSA) is 109 Å². The predicted molar refractivity (Wildman–Crippen MR) is 74.7 cm³/mol. The van der Waals surface area contributed by atoms with Gasteiger partial charge in [0.05, 0.1) is 6.54 Å². The Morgan fingerprint density at radius 3 is 2.38 bits per heavy atom. The number of amides is 2. The Bertz CT molecular complexity index is 495. The van der Waals surface area contributed by atoms with Crippen molar-refractivity contribution in [1.82, 2.24) is 10.6 Å². The Morgan fingerprint density at radius 2 is 1.81 bits per heavy atom. The van der Waals surface area contributed by atoms with Crippen molar-refractivity contribution >= 4 is 17.8 Å². The highest BCUT2D eigenvalue weighted by Gasteiger charge is 2.10. The quantitative estimate of drug-likeness (QED) is 0.636. The molecule has 1 rings (SSSR count). The highest BCUT2D eigenvalue weighted by molar-refractivity contribution is 5.84. The van der Waals surface area contributed by atoms with E-state index in [2.05, 4.69) is 10.6 Å². The summed E-state index contributed by atoms with van der Waals surface area (Å²) in [7, 11) is 0. The van der Waals surface area contributed by atoms with Gasteiger partial charge in [0.1, 0.15) is 5.76 Å². The van der Waals surface area contributed by atoms with E-state index >= 15 is 0 Å². The Balaban J connectivity index is 2.18. The Kier molecular flexibility index (Phi) is 7.00. The first-order chi connectivity index (χ1) is 10.0. The number of carbonyl (C=O) groups is 3. The minimum absolute atomic E-state index is 0.0539. The van der Waals surface area contributed by atoms with Crippen molar-refractivity contribution in [2.45, 2.75) is 39.2 Å². The van der Waals surface area contributed by atoms with Gasteiger partial charge in [0.25, 0.3) is 0 Å². The second-order valence-corrected chi connectivity index (χ2v) is 4.55. The van der Waals surface area contributed by atoms with Crippen LogP contribution < -0.4 is 10.6 Å². The van der Waals surface area contributed by atoms with Crippen LogP contribution in [-0.4, -0.2) is 29.4 Å². The summed E-state index contributed by atoms with van der Waals surface area (Å²) < 4.78 is 5.00. The first-order valence-corrected chi connectivity index (χ1v) is 6.88. The zero-order valence-electron chi connectivity index (χ0n) is 12.0. The molecule has 7 heteroatoms. The van der Waals surface area contributed by atoms with E-state index in [0.29, 0.717) is 25.1 Å². The fraction of sp³-hybridized carbons (Fsp3) is 0.500. The maximum Gasteiger partial charge on any atom is 0.371 e. The Labute approximate surface area is 122 Å². The molecule has 0 saturated carbocycles. The van der Waals surface area contributed by atoms with Crippen molar-refractivity contribution in [3.8, 4) is 0 Å². The standard InChI is InChI=1S/C14H20N2O5/c1-2-8-15-12(17)4-3-5-13(18)16-9-10-6-7-11(21-10)14(19)20/h6-7H,2-5,8-9H2,1H3,(H,15,17)(H,16,18)(H,19,20). The molecule has 0 radical (unpaired) electrons. The first kappa shape index (κ1) is 16.7. The molecule has 3 N–H and O–H groups in total. The molecule has 1 aromatic rings. The molecule has 2 amide bonds. The van der Waals surface area contributed by atoms with Crippen molar-refractivity contribution in [3.05, 3.63) is 23.7 Å². The number of aromatic carboxylic acids is 1. The molecule has 0 atom stereocenters. The van der Waals surface area contributed by atoms with Crippen molar-refractivity contribution < 1.29 is 23.9 Å². The lowest BCUT2D eigenvalue weighted by Crippen LogP contribution is -2.25. The molecule has 0 fully saturated rings. The van der Waals surface area contributed by atoms with Gasteiger partial charge in [-0.05, 0) is 25.0 Å². The highest BCUT2D eigenvalue weighted by Crippen LogP contribution is 2.07. The second kappa shape index (κ2) is 8.78. The lowest BCUT2D eigenvalue weighted by atomic mass is 10.2. The summed E-state index contributed by atoms with van der Waals surface area (Å²) in [5, 5.41) is 14.0. The van der Waals surface area contributed by atoms with Gasteiger partial charge in [-0.2, -0.15) is 0 Å². The van der Waals surface area contributed by atoms with Crippen molar-refractivity contribution in [2.24, 2.45) is 0 Å². The van der Waals surface area contributed by atoms with Gasteiger partial charge in [-0.3, -0.25) is 9.59 Å². The van der Waals surface area contributed by atoms with E-state index in [-0.39, 0.29) is 30.5 Å². The van der Waals surface area contributed by atoms with E-state index in [1.807, 2.05) is 6.92 Å². The van der Waals surface area contributed by atoms with Gasteiger partial charge in [0, 0.05) is 19.4 Å². The summed E-state index contributed by atoms with van der Waals surface area (Å²) in [6.07, 6.45) is 1.91. The summed E-state index contributed by atoms with van der Waals surface area (Å²) >= 11 is 0. The molecule has 0 aliphatic carbocycles. The zero-order valence-corrected chi connectivity index (χ0v) is 12.0. The zero-order chi connectivity index (χ0) is 15.7. The molecule has 0 aromatic carbocycles. The maximum absolute atomic E-state index is 11.6. The lowest BCUT2D eigenvalue weighted by molar-refractivity contribution is -0.122. The van der Waals surface area contributed by atoms with Gasteiger partial charge in [0.15, 0.2) is 0 Å². The molecule has 116 valence electrons. The molecular formula is C14H20N2O5. The molecule has 1 aromatic heterocycles. The average Bonchev–Trinajstić information content (AvgIpc) is 2.92. The van der Waals surface area contributed by atoms with Crippen LogP contribution in [0.3, 0.4) is 0 Å². The normalized spacial score (nSPS) is 10.1. The number of carboxylic acids is 1. The molecule has 0 spiro atoms. The van der Waals surface area contributed by atoms with Crippen molar-refractivity contribution in [3.63, 3.8) is 0 Å². The largest absolute Gasteiger partial charge is 0.475 e. The molecule has 7 nitrogen and oxygen atoms in total. The number of carbonyl (C=O) groups excluding carboxylic acids is 2. The van der Waals surface area contributed by atoms with Gasteiger partial charge in [0.2, 0.25) is 17.6 Å². The maximum atomic E-state index is 11.6. The monoisotopic (exact) mass is 296 g/mol. The third kappa shape index (κ3) is 6.60. The Morgan fingerprint density at radius 1 is 1.14 bits per heavy atom. The molecular weight excluding hydrogens is 276 g/mol. The van der Waals surface area contributed by atoms with Crippen LogP contribution in [0.1, 0.15) is 48.9 Å². The van der Waals surface area contributed by atoms with Gasteiger partial charge in [-0.25, -0.2) is 4.79 Å². The van der Waals surface area contributed by atoms with E-state index in [1.54, 1.807) is 0 Å². The second-order valence-electron chi connectivity index (χ2n) is 4.55. The van der Waals surface area contributed by atoms with E-state index in [4.69, 9.17) is 9.52 Å². The average molecular weight is 296 g/mol. The van der Waals surface area contributed by atoms with Crippen molar-refractivity contribution in [2.75, 3.05) is 6.54 Å². The molecule has 0 aliphatic rings. The van der Waals surface area contributed by atoms with E-state index in [1.165, 1.54) is 12.1 Å². The number of rotatable bonds is 9. The summed E-state index contributed by atoms with van der Waals surface area (Å²) in [5.41, 5.74) is 0. The van der Waals surface area contributed by atoms with E-state index in [9.17, 15) is 14.4 Å².